The van der Waals surface area contributed by atoms with Gasteiger partial charge in [0.05, 0.1) is 5.92 Å². The quantitative estimate of drug-likeness (QED) is 0.534. The SMILES string of the molecule is CC(C)(C)OC(=O)N1CC[C@@H](NC(=O)OCc2ccccc2)[C@@H](C(=O)N2CCCC(Cc3ccc(F)cc3)C2)C1. The Bertz CT molecular complexity index is 1150. The van der Waals surface area contributed by atoms with Gasteiger partial charge in [0.1, 0.15) is 18.0 Å². The molecule has 2 aliphatic rings. The predicted octanol–water partition coefficient (Wildman–Crippen LogP) is 5.16. The van der Waals surface area contributed by atoms with Gasteiger partial charge in [-0.2, -0.15) is 0 Å². The first-order valence-corrected chi connectivity index (χ1v) is 14.1. The van der Waals surface area contributed by atoms with Crippen LogP contribution in [0.1, 0.15) is 51.2 Å². The van der Waals surface area contributed by atoms with E-state index in [0.29, 0.717) is 26.1 Å². The van der Waals surface area contributed by atoms with Crippen LogP contribution < -0.4 is 5.32 Å². The average Bonchev–Trinajstić information content (AvgIpc) is 2.93. The summed E-state index contributed by atoms with van der Waals surface area (Å²) in [5.41, 5.74) is 1.24. The normalized spacial score (nSPS) is 21.4. The monoisotopic (exact) mass is 553 g/mol. The minimum absolute atomic E-state index is 0.0922. The fraction of sp³-hybridized carbons (Fsp3) is 0.516. The Hall–Kier alpha value is -3.62. The maximum absolute atomic E-state index is 13.9. The molecule has 0 aromatic heterocycles. The Morgan fingerprint density at radius 1 is 0.925 bits per heavy atom. The Morgan fingerprint density at radius 3 is 2.35 bits per heavy atom. The summed E-state index contributed by atoms with van der Waals surface area (Å²) in [6, 6.07) is 15.4. The molecule has 40 heavy (non-hydrogen) atoms. The standard InChI is InChI=1S/C31H40FN3O5/c1-31(2,3)40-30(38)35-17-15-27(33-29(37)39-21-23-8-5-4-6-9-23)26(20-35)28(36)34-16-7-10-24(19-34)18-22-11-13-25(32)14-12-22/h4-6,8-9,11-14,24,26-27H,7,10,15-21H2,1-3H3,(H,33,37)/t24?,26-,27+/m0/s1. The van der Waals surface area contributed by atoms with Crippen LogP contribution in [0.25, 0.3) is 0 Å². The summed E-state index contributed by atoms with van der Waals surface area (Å²) in [5.74, 6) is -0.742. The summed E-state index contributed by atoms with van der Waals surface area (Å²) in [5, 5.41) is 2.90. The molecule has 216 valence electrons. The highest BCUT2D eigenvalue weighted by atomic mass is 19.1. The lowest BCUT2D eigenvalue weighted by Crippen LogP contribution is -2.58. The van der Waals surface area contributed by atoms with Crippen LogP contribution in [0, 0.1) is 17.7 Å². The molecule has 2 aromatic rings. The average molecular weight is 554 g/mol. The van der Waals surface area contributed by atoms with Crippen molar-refractivity contribution in [2.24, 2.45) is 11.8 Å². The first-order chi connectivity index (χ1) is 19.1. The molecule has 0 saturated carbocycles. The van der Waals surface area contributed by atoms with Gasteiger partial charge in [-0.3, -0.25) is 4.79 Å². The summed E-state index contributed by atoms with van der Waals surface area (Å²) in [6.45, 7) is 7.24. The van der Waals surface area contributed by atoms with Crippen LogP contribution in [0.2, 0.25) is 0 Å². The molecule has 2 heterocycles. The number of nitrogens with one attached hydrogen (secondary N) is 1. The topological polar surface area (TPSA) is 88.2 Å². The van der Waals surface area contributed by atoms with E-state index in [1.165, 1.54) is 12.1 Å². The molecule has 8 nitrogen and oxygen atoms in total. The minimum atomic E-state index is -0.659. The van der Waals surface area contributed by atoms with Crippen molar-refractivity contribution in [2.45, 2.75) is 64.7 Å². The lowest BCUT2D eigenvalue weighted by atomic mass is 9.87. The number of carbonyl (C=O) groups excluding carboxylic acids is 3. The number of likely N-dealkylation sites (tertiary alicyclic amines) is 2. The van der Waals surface area contributed by atoms with Gasteiger partial charge in [0, 0.05) is 32.2 Å². The van der Waals surface area contributed by atoms with E-state index in [1.54, 1.807) is 37.8 Å². The lowest BCUT2D eigenvalue weighted by Gasteiger charge is -2.42. The van der Waals surface area contributed by atoms with Crippen molar-refractivity contribution in [1.82, 2.24) is 15.1 Å². The molecule has 1 N–H and O–H groups in total. The Kier molecular flexibility index (Phi) is 9.66. The van der Waals surface area contributed by atoms with Gasteiger partial charge in [-0.05, 0) is 75.6 Å². The molecule has 0 radical (unpaired) electrons. The Balaban J connectivity index is 1.43. The van der Waals surface area contributed by atoms with Crippen molar-refractivity contribution in [1.29, 1.82) is 0 Å². The van der Waals surface area contributed by atoms with Gasteiger partial charge < -0.3 is 24.6 Å². The van der Waals surface area contributed by atoms with Gasteiger partial charge in [-0.1, -0.05) is 42.5 Å². The maximum Gasteiger partial charge on any atom is 0.410 e. The van der Waals surface area contributed by atoms with E-state index in [-0.39, 0.29) is 30.8 Å². The number of rotatable bonds is 6. The number of piperidine rings is 2. The van der Waals surface area contributed by atoms with E-state index < -0.39 is 29.7 Å². The number of benzene rings is 2. The van der Waals surface area contributed by atoms with Crippen molar-refractivity contribution in [3.05, 3.63) is 71.5 Å². The number of ether oxygens (including phenoxy) is 2. The van der Waals surface area contributed by atoms with Gasteiger partial charge in [-0.25, -0.2) is 14.0 Å². The van der Waals surface area contributed by atoms with Gasteiger partial charge in [-0.15, -0.1) is 0 Å². The highest BCUT2D eigenvalue weighted by Crippen LogP contribution is 2.27. The van der Waals surface area contributed by atoms with E-state index in [0.717, 1.165) is 30.4 Å². The van der Waals surface area contributed by atoms with E-state index in [1.807, 2.05) is 35.2 Å². The van der Waals surface area contributed by atoms with E-state index >= 15 is 0 Å². The van der Waals surface area contributed by atoms with Crippen molar-refractivity contribution in [3.63, 3.8) is 0 Å². The van der Waals surface area contributed by atoms with Crippen LogP contribution >= 0.6 is 0 Å². The number of hydrogen-bond acceptors (Lipinski definition) is 5. The third-order valence-electron chi connectivity index (χ3n) is 7.37. The summed E-state index contributed by atoms with van der Waals surface area (Å²) in [6.07, 6.45) is 1.93. The third-order valence-corrected chi connectivity index (χ3v) is 7.37. The Morgan fingerprint density at radius 2 is 1.65 bits per heavy atom. The van der Waals surface area contributed by atoms with Crippen LogP contribution in [-0.2, 0) is 27.3 Å². The largest absolute Gasteiger partial charge is 0.445 e. The molecule has 0 spiro atoms. The second-order valence-corrected chi connectivity index (χ2v) is 11.8. The lowest BCUT2D eigenvalue weighted by molar-refractivity contribution is -0.140. The molecule has 2 aliphatic heterocycles. The number of alkyl carbamates (subject to hydrolysis) is 1. The molecule has 3 atom stereocenters. The number of nitrogens with zero attached hydrogens (tertiary/aromatic N) is 2. The Labute approximate surface area is 235 Å². The first-order valence-electron chi connectivity index (χ1n) is 14.1. The van der Waals surface area contributed by atoms with Crippen LogP contribution in [0.15, 0.2) is 54.6 Å². The summed E-state index contributed by atoms with van der Waals surface area (Å²) >= 11 is 0. The number of carbonyl (C=O) groups is 3. The smallest absolute Gasteiger partial charge is 0.410 e. The van der Waals surface area contributed by atoms with Crippen molar-refractivity contribution in [2.75, 3.05) is 26.2 Å². The second-order valence-electron chi connectivity index (χ2n) is 11.8. The number of amides is 3. The maximum atomic E-state index is 13.9. The fourth-order valence-corrected chi connectivity index (χ4v) is 5.40. The third kappa shape index (κ3) is 8.44. The van der Waals surface area contributed by atoms with Crippen molar-refractivity contribution < 1.29 is 28.2 Å². The molecule has 2 fully saturated rings. The van der Waals surface area contributed by atoms with E-state index in [9.17, 15) is 18.8 Å². The zero-order chi connectivity index (χ0) is 28.7. The van der Waals surface area contributed by atoms with Gasteiger partial charge in [0.15, 0.2) is 0 Å². The zero-order valence-corrected chi connectivity index (χ0v) is 23.6. The van der Waals surface area contributed by atoms with Crippen LogP contribution in [-0.4, -0.2) is 65.7 Å². The van der Waals surface area contributed by atoms with Crippen LogP contribution in [0.5, 0.6) is 0 Å². The molecule has 1 unspecified atom stereocenters. The molecular weight excluding hydrogens is 513 g/mol. The van der Waals surface area contributed by atoms with E-state index in [2.05, 4.69) is 5.32 Å². The molecule has 2 saturated heterocycles. The van der Waals surface area contributed by atoms with E-state index in [4.69, 9.17) is 9.47 Å². The van der Waals surface area contributed by atoms with Crippen LogP contribution in [0.4, 0.5) is 14.0 Å². The van der Waals surface area contributed by atoms with Gasteiger partial charge in [0.25, 0.3) is 0 Å². The minimum Gasteiger partial charge on any atom is -0.445 e. The van der Waals surface area contributed by atoms with Gasteiger partial charge in [0.2, 0.25) is 5.91 Å². The summed E-state index contributed by atoms with van der Waals surface area (Å²) in [7, 11) is 0. The number of hydrogen-bond donors (Lipinski definition) is 1. The number of halogens is 1. The first kappa shape index (κ1) is 29.4. The molecule has 2 aromatic carbocycles. The molecule has 0 bridgehead atoms. The fourth-order valence-electron chi connectivity index (χ4n) is 5.40. The summed E-state index contributed by atoms with van der Waals surface area (Å²) in [4.78, 5) is 42.9. The van der Waals surface area contributed by atoms with Gasteiger partial charge >= 0.3 is 12.2 Å². The molecule has 9 heteroatoms. The van der Waals surface area contributed by atoms with Crippen molar-refractivity contribution >= 4 is 18.1 Å². The highest BCUT2D eigenvalue weighted by Gasteiger charge is 2.41. The summed E-state index contributed by atoms with van der Waals surface area (Å²) < 4.78 is 24.4. The molecule has 0 aliphatic carbocycles. The predicted molar refractivity (Wildman–Crippen MR) is 149 cm³/mol. The van der Waals surface area contributed by atoms with Crippen LogP contribution in [0.3, 0.4) is 0 Å². The second kappa shape index (κ2) is 13.2. The molecule has 3 amide bonds. The highest BCUT2D eigenvalue weighted by molar-refractivity contribution is 5.82. The van der Waals surface area contributed by atoms with Crippen molar-refractivity contribution in [3.8, 4) is 0 Å². The molecule has 4 rings (SSSR count). The zero-order valence-electron chi connectivity index (χ0n) is 23.6. The molecular formula is C31H40FN3O5.